The molecule has 0 atom stereocenters. The van der Waals surface area contributed by atoms with Crippen LogP contribution in [0.2, 0.25) is 0 Å². The largest absolute Gasteiger partial charge is 0.496 e. The van der Waals surface area contributed by atoms with E-state index in [2.05, 4.69) is 42.0 Å². The number of anilines is 1. The minimum absolute atomic E-state index is 0.509. The summed E-state index contributed by atoms with van der Waals surface area (Å²) in [4.78, 5) is 23.9. The summed E-state index contributed by atoms with van der Waals surface area (Å²) in [6.45, 7) is 1.91. The van der Waals surface area contributed by atoms with E-state index in [1.54, 1.807) is 49.2 Å². The Balaban J connectivity index is 1.58. The number of hydrogen-bond acceptors (Lipinski definition) is 8. The van der Waals surface area contributed by atoms with Crippen molar-refractivity contribution in [3.8, 4) is 5.75 Å². The molecule has 0 aliphatic carbocycles. The van der Waals surface area contributed by atoms with E-state index in [0.717, 1.165) is 30.7 Å². The highest BCUT2D eigenvalue weighted by Crippen LogP contribution is 2.30. The molecular weight excluding hydrogens is 502 g/mol. The number of nitrogens with zero attached hydrogens (tertiary/aromatic N) is 3. The zero-order chi connectivity index (χ0) is 22.2. The van der Waals surface area contributed by atoms with Crippen molar-refractivity contribution in [3.05, 3.63) is 63.1 Å². The highest BCUT2D eigenvalue weighted by Gasteiger charge is 2.13. The molecule has 0 bridgehead atoms. The number of aryl methyl sites for hydroxylation is 1. The van der Waals surface area contributed by atoms with Gasteiger partial charge in [0.15, 0.2) is 4.34 Å². The number of hydrazone groups is 1. The summed E-state index contributed by atoms with van der Waals surface area (Å²) in [6, 6.07) is 12.4. The second-order valence-corrected chi connectivity index (χ2v) is 9.43. The van der Waals surface area contributed by atoms with Gasteiger partial charge in [-0.15, -0.1) is 10.2 Å². The van der Waals surface area contributed by atoms with Crippen LogP contribution in [0.5, 0.6) is 5.75 Å². The van der Waals surface area contributed by atoms with Crippen molar-refractivity contribution in [2.75, 3.05) is 12.4 Å². The molecule has 11 heteroatoms. The van der Waals surface area contributed by atoms with Crippen LogP contribution in [0.25, 0.3) is 0 Å². The first-order chi connectivity index (χ1) is 14.9. The number of rotatable bonds is 7. The molecule has 0 saturated heterocycles. The Morgan fingerprint density at radius 3 is 2.65 bits per heavy atom. The van der Waals surface area contributed by atoms with Crippen LogP contribution in [0, 0.1) is 6.92 Å². The molecule has 1 aromatic heterocycles. The normalized spacial score (nSPS) is 10.8. The summed E-state index contributed by atoms with van der Waals surface area (Å²) >= 11 is 6.40. The monoisotopic (exact) mass is 519 g/mol. The van der Waals surface area contributed by atoms with Crippen LogP contribution in [0.3, 0.4) is 0 Å². The topological polar surface area (TPSA) is 106 Å². The molecule has 2 aromatic carbocycles. The summed E-state index contributed by atoms with van der Waals surface area (Å²) in [6.07, 6.45) is 1.47. The molecule has 3 aromatic rings. The lowest BCUT2D eigenvalue weighted by atomic mass is 10.1. The zero-order valence-corrected chi connectivity index (χ0v) is 19.8. The summed E-state index contributed by atoms with van der Waals surface area (Å²) in [5.74, 6) is -0.293. The Morgan fingerprint density at radius 1 is 1.19 bits per heavy atom. The fourth-order valence-corrected chi connectivity index (χ4v) is 4.46. The fraction of sp³-hybridized carbons (Fsp3) is 0.150. The maximum atomic E-state index is 12.0. The third-order valence-corrected chi connectivity index (χ3v) is 6.40. The van der Waals surface area contributed by atoms with Gasteiger partial charge in [-0.1, -0.05) is 39.0 Å². The van der Waals surface area contributed by atoms with Crippen molar-refractivity contribution in [2.45, 2.75) is 17.0 Å². The van der Waals surface area contributed by atoms with Gasteiger partial charge in [0.1, 0.15) is 10.8 Å². The second-order valence-electron chi connectivity index (χ2n) is 6.11. The highest BCUT2D eigenvalue weighted by atomic mass is 79.9. The number of methoxy groups -OCH3 is 1. The third kappa shape index (κ3) is 6.88. The van der Waals surface area contributed by atoms with Crippen molar-refractivity contribution >= 4 is 62.7 Å². The van der Waals surface area contributed by atoms with Crippen LogP contribution in [-0.2, 0) is 15.3 Å². The third-order valence-electron chi connectivity index (χ3n) is 3.85. The molecule has 0 radical (unpaired) electrons. The van der Waals surface area contributed by atoms with Crippen molar-refractivity contribution < 1.29 is 14.3 Å². The second kappa shape index (κ2) is 11.0. The number of amides is 2. The number of nitrogens with one attached hydrogen (secondary N) is 2. The van der Waals surface area contributed by atoms with E-state index in [1.165, 1.54) is 17.6 Å². The standard InChI is InChI=1S/C20H18BrN5O3S2/c1-12-24-26-20(31-12)30-11-14-9-13(3-8-17(14)29-2)10-22-25-19(28)18(27)23-16-6-4-15(21)5-7-16/h3-10H,11H2,1-2H3,(H,23,27)(H,25,28)/b22-10+. The van der Waals surface area contributed by atoms with Gasteiger partial charge in [0.25, 0.3) is 0 Å². The van der Waals surface area contributed by atoms with Gasteiger partial charge >= 0.3 is 11.8 Å². The van der Waals surface area contributed by atoms with Gasteiger partial charge in [0.2, 0.25) is 0 Å². The van der Waals surface area contributed by atoms with Gasteiger partial charge in [0.05, 0.1) is 13.3 Å². The van der Waals surface area contributed by atoms with Crippen molar-refractivity contribution in [1.82, 2.24) is 15.6 Å². The maximum Gasteiger partial charge on any atom is 0.329 e. The van der Waals surface area contributed by atoms with Crippen molar-refractivity contribution in [3.63, 3.8) is 0 Å². The molecule has 0 spiro atoms. The molecule has 160 valence electrons. The smallest absolute Gasteiger partial charge is 0.329 e. The average Bonchev–Trinajstić information content (AvgIpc) is 3.19. The number of thioether (sulfide) groups is 1. The number of benzene rings is 2. The van der Waals surface area contributed by atoms with E-state index in [-0.39, 0.29) is 0 Å². The number of hydrogen-bond donors (Lipinski definition) is 2. The average molecular weight is 520 g/mol. The van der Waals surface area contributed by atoms with Gasteiger partial charge in [0, 0.05) is 21.5 Å². The lowest BCUT2D eigenvalue weighted by Gasteiger charge is -2.08. The Kier molecular flexibility index (Phi) is 8.15. The number of carbonyl (C=O) groups is 2. The number of aromatic nitrogens is 2. The van der Waals surface area contributed by atoms with Gasteiger partial charge < -0.3 is 10.1 Å². The molecule has 2 N–H and O–H groups in total. The molecule has 0 fully saturated rings. The Labute approximate surface area is 195 Å². The van der Waals surface area contributed by atoms with Crippen LogP contribution < -0.4 is 15.5 Å². The van der Waals surface area contributed by atoms with E-state index < -0.39 is 11.8 Å². The van der Waals surface area contributed by atoms with Crippen LogP contribution >= 0.6 is 39.0 Å². The minimum Gasteiger partial charge on any atom is -0.496 e. The Bertz CT molecular complexity index is 1100. The fourth-order valence-electron chi connectivity index (χ4n) is 2.41. The van der Waals surface area contributed by atoms with Crippen LogP contribution in [0.4, 0.5) is 5.69 Å². The number of carbonyl (C=O) groups excluding carboxylic acids is 2. The first kappa shape index (κ1) is 22.9. The molecule has 3 rings (SSSR count). The molecule has 1 heterocycles. The van der Waals surface area contributed by atoms with Gasteiger partial charge in [-0.05, 0) is 55.0 Å². The van der Waals surface area contributed by atoms with Gasteiger partial charge in [-0.25, -0.2) is 5.43 Å². The van der Waals surface area contributed by atoms with Crippen LogP contribution in [0.15, 0.2) is 56.4 Å². The van der Waals surface area contributed by atoms with Crippen molar-refractivity contribution in [2.24, 2.45) is 5.10 Å². The molecular formula is C20H18BrN5O3S2. The first-order valence-electron chi connectivity index (χ1n) is 8.94. The van der Waals surface area contributed by atoms with E-state index in [1.807, 2.05) is 19.1 Å². The van der Waals surface area contributed by atoms with Crippen LogP contribution in [-0.4, -0.2) is 35.3 Å². The maximum absolute atomic E-state index is 12.0. The van der Waals surface area contributed by atoms with Gasteiger partial charge in [-0.2, -0.15) is 5.10 Å². The molecule has 0 aliphatic rings. The van der Waals surface area contributed by atoms with Crippen molar-refractivity contribution in [1.29, 1.82) is 0 Å². The lowest BCUT2D eigenvalue weighted by Crippen LogP contribution is -2.32. The lowest BCUT2D eigenvalue weighted by molar-refractivity contribution is -0.136. The Morgan fingerprint density at radius 2 is 1.97 bits per heavy atom. The first-order valence-corrected chi connectivity index (χ1v) is 11.5. The number of halogens is 1. The minimum atomic E-state index is -0.866. The molecule has 2 amide bonds. The summed E-state index contributed by atoms with van der Waals surface area (Å²) in [5.41, 5.74) is 4.43. The number of ether oxygens (including phenoxy) is 1. The van der Waals surface area contributed by atoms with E-state index in [9.17, 15) is 9.59 Å². The zero-order valence-electron chi connectivity index (χ0n) is 16.6. The summed E-state index contributed by atoms with van der Waals surface area (Å²) in [7, 11) is 1.61. The predicted octanol–water partition coefficient (Wildman–Crippen LogP) is 4.00. The molecule has 0 saturated carbocycles. The predicted molar refractivity (Wildman–Crippen MR) is 126 cm³/mol. The Hall–Kier alpha value is -2.76. The molecule has 0 aliphatic heterocycles. The van der Waals surface area contributed by atoms with Gasteiger partial charge in [-0.3, -0.25) is 9.59 Å². The summed E-state index contributed by atoms with van der Waals surface area (Å²) < 4.78 is 7.16. The SMILES string of the molecule is COc1ccc(/C=N/NC(=O)C(=O)Nc2ccc(Br)cc2)cc1CSc1nnc(C)s1. The van der Waals surface area contributed by atoms with Crippen LogP contribution in [0.1, 0.15) is 16.1 Å². The summed E-state index contributed by atoms with van der Waals surface area (Å²) in [5, 5.41) is 15.4. The highest BCUT2D eigenvalue weighted by molar-refractivity contribution is 9.10. The quantitative estimate of drug-likeness (QED) is 0.211. The molecule has 31 heavy (non-hydrogen) atoms. The molecule has 8 nitrogen and oxygen atoms in total. The molecule has 0 unspecified atom stereocenters. The van der Waals surface area contributed by atoms with E-state index >= 15 is 0 Å². The van der Waals surface area contributed by atoms with E-state index in [0.29, 0.717) is 11.4 Å². The van der Waals surface area contributed by atoms with E-state index in [4.69, 9.17) is 4.74 Å².